The molecule has 1 heteroatoms. The Labute approximate surface area is 120 Å². The van der Waals surface area contributed by atoms with Crippen LogP contribution in [-0.2, 0) is 6.42 Å². The van der Waals surface area contributed by atoms with Gasteiger partial charge in [0.15, 0.2) is 0 Å². The summed E-state index contributed by atoms with van der Waals surface area (Å²) in [6, 6.07) is 7.25. The van der Waals surface area contributed by atoms with Crippen LogP contribution >= 0.6 is 0 Å². The van der Waals surface area contributed by atoms with Crippen molar-refractivity contribution in [3.63, 3.8) is 0 Å². The molecule has 0 aliphatic heterocycles. The van der Waals surface area contributed by atoms with Crippen LogP contribution in [0.4, 0.5) is 4.39 Å². The summed E-state index contributed by atoms with van der Waals surface area (Å²) in [5, 5.41) is 0. The molecule has 0 aromatic heterocycles. The Morgan fingerprint density at radius 3 is 2.40 bits per heavy atom. The van der Waals surface area contributed by atoms with Crippen LogP contribution in [0, 0.1) is 47.2 Å². The maximum atomic E-state index is 13.0. The molecule has 1 aromatic rings. The van der Waals surface area contributed by atoms with Crippen molar-refractivity contribution < 1.29 is 4.39 Å². The number of benzene rings is 1. The van der Waals surface area contributed by atoms with Gasteiger partial charge >= 0.3 is 0 Å². The standard InChI is InChI=1S/C19H23F/c20-16-5-1-11(2-6-16)7-14-9-15-10-17(14)19-13-4-3-12(8-13)18(15)19/h1-2,5-6,12-15,17-19H,3-4,7-10H2. The predicted octanol–water partition coefficient (Wildman–Crippen LogP) is 4.69. The van der Waals surface area contributed by atoms with Crippen LogP contribution in [0.1, 0.15) is 37.7 Å². The largest absolute Gasteiger partial charge is 0.207 e. The van der Waals surface area contributed by atoms with E-state index in [0.29, 0.717) is 0 Å². The Kier molecular flexibility index (Phi) is 2.40. The zero-order valence-electron chi connectivity index (χ0n) is 12.0. The van der Waals surface area contributed by atoms with Crippen molar-refractivity contribution in [1.82, 2.24) is 0 Å². The molecule has 4 bridgehead atoms. The van der Waals surface area contributed by atoms with Crippen molar-refractivity contribution >= 4 is 0 Å². The number of fused-ring (bicyclic) bond motifs is 9. The molecular formula is C19H23F. The summed E-state index contributed by atoms with van der Waals surface area (Å²) in [6.45, 7) is 0. The molecule has 0 heterocycles. The van der Waals surface area contributed by atoms with Gasteiger partial charge in [-0.25, -0.2) is 4.39 Å². The van der Waals surface area contributed by atoms with Gasteiger partial charge < -0.3 is 0 Å². The van der Waals surface area contributed by atoms with E-state index >= 15 is 0 Å². The summed E-state index contributed by atoms with van der Waals surface area (Å²) >= 11 is 0. The molecule has 0 spiro atoms. The zero-order chi connectivity index (χ0) is 13.3. The van der Waals surface area contributed by atoms with Gasteiger partial charge in [-0.2, -0.15) is 0 Å². The van der Waals surface area contributed by atoms with Crippen molar-refractivity contribution in [2.75, 3.05) is 0 Å². The van der Waals surface area contributed by atoms with E-state index in [4.69, 9.17) is 0 Å². The summed E-state index contributed by atoms with van der Waals surface area (Å²) in [5.74, 6) is 7.22. The molecule has 20 heavy (non-hydrogen) atoms. The third kappa shape index (κ3) is 1.53. The highest BCUT2D eigenvalue weighted by Gasteiger charge is 2.61. The van der Waals surface area contributed by atoms with E-state index in [-0.39, 0.29) is 5.82 Å². The SMILES string of the molecule is Fc1ccc(CC2CC3CC2C2C4CCC(C4)C32)cc1. The second-order valence-corrected chi connectivity index (χ2v) is 7.97. The lowest BCUT2D eigenvalue weighted by molar-refractivity contribution is 0.105. The van der Waals surface area contributed by atoms with Gasteiger partial charge in [-0.05, 0) is 97.6 Å². The number of hydrogen-bond acceptors (Lipinski definition) is 0. The molecule has 7 atom stereocenters. The van der Waals surface area contributed by atoms with Crippen molar-refractivity contribution in [3.8, 4) is 0 Å². The van der Waals surface area contributed by atoms with Crippen LogP contribution in [-0.4, -0.2) is 0 Å². The third-order valence-corrected chi connectivity index (χ3v) is 7.28. The van der Waals surface area contributed by atoms with E-state index in [0.717, 1.165) is 41.4 Å². The van der Waals surface area contributed by atoms with Gasteiger partial charge in [0.2, 0.25) is 0 Å². The van der Waals surface area contributed by atoms with Crippen molar-refractivity contribution in [3.05, 3.63) is 35.6 Å². The first-order valence-corrected chi connectivity index (χ1v) is 8.54. The summed E-state index contributed by atoms with van der Waals surface area (Å²) < 4.78 is 13.0. The highest BCUT2D eigenvalue weighted by Crippen LogP contribution is 2.69. The molecule has 4 aliphatic carbocycles. The summed E-state index contributed by atoms with van der Waals surface area (Å²) in [7, 11) is 0. The predicted molar refractivity (Wildman–Crippen MR) is 77.6 cm³/mol. The second kappa shape index (κ2) is 4.08. The fourth-order valence-electron chi connectivity index (χ4n) is 6.86. The monoisotopic (exact) mass is 270 g/mol. The molecular weight excluding hydrogens is 247 g/mol. The molecule has 4 saturated carbocycles. The summed E-state index contributed by atoms with van der Waals surface area (Å²) in [4.78, 5) is 0. The highest BCUT2D eigenvalue weighted by molar-refractivity contribution is 5.19. The average molecular weight is 270 g/mol. The van der Waals surface area contributed by atoms with E-state index in [2.05, 4.69) is 0 Å². The fourth-order valence-corrected chi connectivity index (χ4v) is 6.86. The van der Waals surface area contributed by atoms with Gasteiger partial charge in [0.1, 0.15) is 5.82 Å². The van der Waals surface area contributed by atoms with Crippen LogP contribution in [0.25, 0.3) is 0 Å². The maximum Gasteiger partial charge on any atom is 0.123 e. The first-order chi connectivity index (χ1) is 9.79. The molecule has 1 aromatic carbocycles. The number of rotatable bonds is 2. The lowest BCUT2D eigenvalue weighted by Crippen LogP contribution is -2.33. The lowest BCUT2D eigenvalue weighted by atomic mass is 9.66. The molecule has 0 nitrogen and oxygen atoms in total. The molecule has 5 rings (SSSR count). The summed E-state index contributed by atoms with van der Waals surface area (Å²) in [5.41, 5.74) is 1.35. The lowest BCUT2D eigenvalue weighted by Gasteiger charge is -2.38. The van der Waals surface area contributed by atoms with Gasteiger partial charge in [0.25, 0.3) is 0 Å². The Bertz CT molecular complexity index is 519. The van der Waals surface area contributed by atoms with Crippen LogP contribution in [0.5, 0.6) is 0 Å². The van der Waals surface area contributed by atoms with Gasteiger partial charge in [0, 0.05) is 0 Å². The third-order valence-electron chi connectivity index (χ3n) is 7.28. The first-order valence-electron chi connectivity index (χ1n) is 8.54. The van der Waals surface area contributed by atoms with E-state index in [1.165, 1.54) is 37.7 Å². The molecule has 0 saturated heterocycles. The minimum Gasteiger partial charge on any atom is -0.207 e. The van der Waals surface area contributed by atoms with E-state index in [9.17, 15) is 4.39 Å². The van der Waals surface area contributed by atoms with Gasteiger partial charge in [-0.15, -0.1) is 0 Å². The van der Waals surface area contributed by atoms with E-state index < -0.39 is 0 Å². The van der Waals surface area contributed by atoms with Crippen LogP contribution in [0.3, 0.4) is 0 Å². The second-order valence-electron chi connectivity index (χ2n) is 7.97. The first kappa shape index (κ1) is 11.8. The van der Waals surface area contributed by atoms with Gasteiger partial charge in [-0.3, -0.25) is 0 Å². The minimum atomic E-state index is -0.102. The summed E-state index contributed by atoms with van der Waals surface area (Å²) in [6.07, 6.45) is 8.81. The van der Waals surface area contributed by atoms with Crippen LogP contribution < -0.4 is 0 Å². The van der Waals surface area contributed by atoms with Crippen LogP contribution in [0.15, 0.2) is 24.3 Å². The number of halogens is 1. The molecule has 4 fully saturated rings. The zero-order valence-corrected chi connectivity index (χ0v) is 12.0. The smallest absolute Gasteiger partial charge is 0.123 e. The Morgan fingerprint density at radius 2 is 1.60 bits per heavy atom. The molecule has 7 unspecified atom stereocenters. The van der Waals surface area contributed by atoms with Crippen molar-refractivity contribution in [2.24, 2.45) is 41.4 Å². The Morgan fingerprint density at radius 1 is 0.850 bits per heavy atom. The maximum absolute atomic E-state index is 13.0. The molecule has 4 aliphatic rings. The average Bonchev–Trinajstić information content (AvgIpc) is 3.18. The molecule has 0 amide bonds. The Hall–Kier alpha value is -0.850. The highest BCUT2D eigenvalue weighted by atomic mass is 19.1. The van der Waals surface area contributed by atoms with Gasteiger partial charge in [0.05, 0.1) is 0 Å². The Balaban J connectivity index is 1.36. The number of hydrogen-bond donors (Lipinski definition) is 0. The molecule has 106 valence electrons. The van der Waals surface area contributed by atoms with E-state index in [1.807, 2.05) is 12.1 Å². The molecule has 0 radical (unpaired) electrons. The van der Waals surface area contributed by atoms with Crippen molar-refractivity contribution in [2.45, 2.75) is 38.5 Å². The normalized spacial score (nSPS) is 48.0. The van der Waals surface area contributed by atoms with E-state index in [1.54, 1.807) is 18.6 Å². The minimum absolute atomic E-state index is 0.102. The fraction of sp³-hybridized carbons (Fsp3) is 0.684. The molecule has 0 N–H and O–H groups in total. The van der Waals surface area contributed by atoms with Crippen molar-refractivity contribution in [1.29, 1.82) is 0 Å². The van der Waals surface area contributed by atoms with Gasteiger partial charge in [-0.1, -0.05) is 12.1 Å². The topological polar surface area (TPSA) is 0 Å². The van der Waals surface area contributed by atoms with Crippen LogP contribution in [0.2, 0.25) is 0 Å². The quantitative estimate of drug-likeness (QED) is 0.684.